The molecule has 63 heavy (non-hydrogen) atoms. The third kappa shape index (κ3) is 5.60. The van der Waals surface area contributed by atoms with Crippen molar-refractivity contribution in [1.29, 1.82) is 0 Å². The van der Waals surface area contributed by atoms with Crippen molar-refractivity contribution in [3.05, 3.63) is 230 Å². The molecular formula is C56H40FN5Si. The minimum atomic E-state index is -3.25. The topological polar surface area (TPSA) is 38.9 Å². The Kier molecular flexibility index (Phi) is 8.59. The van der Waals surface area contributed by atoms with Gasteiger partial charge in [-0.05, 0) is 98.6 Å². The summed E-state index contributed by atoms with van der Waals surface area (Å²) >= 11 is 0. The van der Waals surface area contributed by atoms with Crippen molar-refractivity contribution in [2.75, 3.05) is 4.90 Å². The summed E-state index contributed by atoms with van der Waals surface area (Å²) in [7, 11) is -1.23. The highest BCUT2D eigenvalue weighted by atomic mass is 28.3. The molecule has 0 bridgehead atoms. The van der Waals surface area contributed by atoms with E-state index in [0.29, 0.717) is 11.1 Å². The van der Waals surface area contributed by atoms with Crippen LogP contribution in [0.25, 0.3) is 49.9 Å². The summed E-state index contributed by atoms with van der Waals surface area (Å²) in [6.45, 7) is 0. The zero-order valence-electron chi connectivity index (χ0n) is 34.5. The van der Waals surface area contributed by atoms with Crippen LogP contribution in [0.2, 0.25) is 0 Å². The van der Waals surface area contributed by atoms with Crippen molar-refractivity contribution in [3.63, 3.8) is 0 Å². The molecule has 8 aromatic carbocycles. The zero-order chi connectivity index (χ0) is 42.1. The fraction of sp³-hybridized carbons (Fsp3) is 0.0357. The predicted molar refractivity (Wildman–Crippen MR) is 260 cm³/mol. The van der Waals surface area contributed by atoms with Crippen LogP contribution in [0, 0.1) is 0 Å². The maximum Gasteiger partial charge on any atom is 0.184 e. The number of anilines is 3. The van der Waals surface area contributed by atoms with Gasteiger partial charge in [0.15, 0.2) is 14.2 Å². The molecule has 11 aromatic rings. The Labute approximate surface area is 365 Å². The second-order valence-electron chi connectivity index (χ2n) is 16.3. The molecular weight excluding hydrogens is 790 g/mol. The quantitative estimate of drug-likeness (QED) is 0.150. The van der Waals surface area contributed by atoms with Gasteiger partial charge in [0, 0.05) is 46.6 Å². The van der Waals surface area contributed by atoms with Crippen LogP contribution < -0.4 is 25.6 Å². The summed E-state index contributed by atoms with van der Waals surface area (Å²) in [4.78, 5) is 12.2. The van der Waals surface area contributed by atoms with E-state index in [1.54, 1.807) is 0 Å². The molecule has 0 saturated carbocycles. The molecule has 0 saturated heterocycles. The van der Waals surface area contributed by atoms with E-state index in [9.17, 15) is 0 Å². The Morgan fingerprint density at radius 3 is 1.94 bits per heavy atom. The molecule has 0 fully saturated rings. The van der Waals surface area contributed by atoms with E-state index in [1.165, 1.54) is 31.5 Å². The van der Waals surface area contributed by atoms with Crippen molar-refractivity contribution in [2.24, 2.45) is 7.05 Å². The first-order valence-corrected chi connectivity index (χ1v) is 23.4. The van der Waals surface area contributed by atoms with Gasteiger partial charge in [0.2, 0.25) is 0 Å². The van der Waals surface area contributed by atoms with Crippen molar-refractivity contribution in [1.82, 2.24) is 19.1 Å². The number of fused-ring (bicyclic) bond motifs is 7. The minimum Gasteiger partial charge on any atom is -0.327 e. The molecule has 4 heterocycles. The number of para-hydroxylation sites is 4. The molecule has 0 aliphatic carbocycles. The molecule has 7 heteroatoms. The fourth-order valence-electron chi connectivity index (χ4n) is 10.3. The van der Waals surface area contributed by atoms with Crippen LogP contribution in [-0.4, -0.2) is 27.2 Å². The minimum absolute atomic E-state index is 0.574. The van der Waals surface area contributed by atoms with Crippen LogP contribution in [0.3, 0.4) is 0 Å². The molecule has 300 valence electrons. The fourth-order valence-corrected chi connectivity index (χ4v) is 15.6. The Balaban J connectivity index is 1.16. The number of aromatic nitrogens is 4. The van der Waals surface area contributed by atoms with Crippen LogP contribution in [0.5, 0.6) is 0 Å². The lowest BCUT2D eigenvalue weighted by molar-refractivity contribution is 0.402. The zero-order valence-corrected chi connectivity index (χ0v) is 35.5. The smallest absolute Gasteiger partial charge is 0.184 e. The SMILES string of the molecule is Cn1c(-c2cccc(C(F)c3ccc4c(c3)N(c3ccccn3)c3ccc5c(c3[Si]4(c3ccccc3)c3ccccc3)c3ccccc3n5-c3ccccc3)c2)nc2ccccc21. The maximum atomic E-state index is 17.6. The lowest BCUT2D eigenvalue weighted by atomic mass is 9.99. The molecule has 5 nitrogen and oxygen atoms in total. The monoisotopic (exact) mass is 829 g/mol. The number of alkyl halides is 1. The molecule has 1 atom stereocenters. The van der Waals surface area contributed by atoms with E-state index in [2.05, 4.69) is 166 Å². The number of hydrogen-bond acceptors (Lipinski definition) is 3. The van der Waals surface area contributed by atoms with Gasteiger partial charge in [-0.1, -0.05) is 146 Å². The van der Waals surface area contributed by atoms with Crippen LogP contribution in [0.15, 0.2) is 219 Å². The number of hydrogen-bond donors (Lipinski definition) is 0. The third-order valence-corrected chi connectivity index (χ3v) is 17.8. The molecule has 0 spiro atoms. The van der Waals surface area contributed by atoms with Crippen molar-refractivity contribution in [2.45, 2.75) is 6.17 Å². The summed E-state index contributed by atoms with van der Waals surface area (Å²) < 4.78 is 22.1. The van der Waals surface area contributed by atoms with Crippen LogP contribution in [-0.2, 0) is 7.05 Å². The summed E-state index contributed by atoms with van der Waals surface area (Å²) in [6, 6.07) is 74.3. The second-order valence-corrected chi connectivity index (χ2v) is 20.0. The number of aryl methyl sites for hydroxylation is 1. The average Bonchev–Trinajstić information content (AvgIpc) is 3.88. The van der Waals surface area contributed by atoms with E-state index in [4.69, 9.17) is 9.97 Å². The Hall–Kier alpha value is -7.87. The Bertz CT molecular complexity index is 3460. The third-order valence-electron chi connectivity index (χ3n) is 12.9. The van der Waals surface area contributed by atoms with Gasteiger partial charge in [0.25, 0.3) is 0 Å². The van der Waals surface area contributed by atoms with Gasteiger partial charge in [-0.2, -0.15) is 0 Å². The van der Waals surface area contributed by atoms with Crippen molar-refractivity contribution in [3.8, 4) is 17.1 Å². The van der Waals surface area contributed by atoms with Gasteiger partial charge in [-0.3, -0.25) is 4.90 Å². The molecule has 0 N–H and O–H groups in total. The first kappa shape index (κ1) is 36.9. The first-order valence-electron chi connectivity index (χ1n) is 21.4. The normalized spacial score (nSPS) is 13.6. The Morgan fingerprint density at radius 1 is 0.540 bits per heavy atom. The van der Waals surface area contributed by atoms with Crippen LogP contribution >= 0.6 is 0 Å². The molecule has 0 radical (unpaired) electrons. The van der Waals surface area contributed by atoms with Crippen LogP contribution in [0.1, 0.15) is 17.3 Å². The molecule has 1 aliphatic heterocycles. The standard InChI is InChI=1S/C56H40FN5Si/c1-60-47-29-14-12-27-45(47)59-56(60)40-19-17-18-38(36-40)54(57)39-31-34-51-50(37-39)62(52-30-15-16-35-58-52)49-33-32-48-53(44-26-11-13-28-46(44)61(48)41-20-5-2-6-21-41)55(49)63(51,42-22-7-3-8-23-42)43-24-9-4-10-25-43/h2-37,54H,1H3. The molecule has 12 rings (SSSR count). The largest absolute Gasteiger partial charge is 0.327 e. The number of benzene rings is 8. The summed E-state index contributed by atoms with van der Waals surface area (Å²) in [5.41, 5.74) is 9.31. The summed E-state index contributed by atoms with van der Waals surface area (Å²) in [6.07, 6.45) is 0.434. The average molecular weight is 830 g/mol. The van der Waals surface area contributed by atoms with E-state index >= 15 is 4.39 Å². The lowest BCUT2D eigenvalue weighted by Gasteiger charge is -2.45. The highest BCUT2D eigenvalue weighted by Gasteiger charge is 2.51. The lowest BCUT2D eigenvalue weighted by Crippen LogP contribution is -2.77. The van der Waals surface area contributed by atoms with Gasteiger partial charge in [-0.15, -0.1) is 0 Å². The summed E-state index contributed by atoms with van der Waals surface area (Å²) in [5.74, 6) is 1.57. The molecule has 0 amide bonds. The number of pyridine rings is 1. The molecule has 3 aromatic heterocycles. The summed E-state index contributed by atoms with van der Waals surface area (Å²) in [5, 5.41) is 7.35. The van der Waals surface area contributed by atoms with Gasteiger partial charge >= 0.3 is 0 Å². The number of imidazole rings is 1. The number of nitrogens with zero attached hydrogens (tertiary/aromatic N) is 5. The second kappa shape index (κ2) is 14.6. The van der Waals surface area contributed by atoms with Crippen LogP contribution in [0.4, 0.5) is 21.6 Å². The first-order chi connectivity index (χ1) is 31.1. The maximum absolute atomic E-state index is 17.6. The van der Waals surface area contributed by atoms with Gasteiger partial charge in [-0.25, -0.2) is 14.4 Å². The van der Waals surface area contributed by atoms with Gasteiger partial charge in [0.05, 0.1) is 22.1 Å². The molecule has 1 aliphatic rings. The van der Waals surface area contributed by atoms with E-state index in [1.807, 2.05) is 73.9 Å². The van der Waals surface area contributed by atoms with Crippen molar-refractivity contribution >= 4 is 78.9 Å². The number of halogens is 1. The van der Waals surface area contributed by atoms with E-state index in [0.717, 1.165) is 56.3 Å². The van der Waals surface area contributed by atoms with Crippen molar-refractivity contribution < 1.29 is 4.39 Å². The predicted octanol–water partition coefficient (Wildman–Crippen LogP) is 11.0. The highest BCUT2D eigenvalue weighted by molar-refractivity contribution is 7.22. The highest BCUT2D eigenvalue weighted by Crippen LogP contribution is 2.44. The van der Waals surface area contributed by atoms with E-state index < -0.39 is 14.2 Å². The molecule has 1 unspecified atom stereocenters. The van der Waals surface area contributed by atoms with Gasteiger partial charge < -0.3 is 9.13 Å². The van der Waals surface area contributed by atoms with E-state index in [-0.39, 0.29) is 0 Å². The number of rotatable bonds is 7. The van der Waals surface area contributed by atoms with Gasteiger partial charge in [0.1, 0.15) is 11.6 Å². The Morgan fingerprint density at radius 2 is 1.21 bits per heavy atom.